The zero-order valence-electron chi connectivity index (χ0n) is 14.4. The van der Waals surface area contributed by atoms with E-state index in [9.17, 15) is 9.59 Å². The predicted octanol–water partition coefficient (Wildman–Crippen LogP) is 4.06. The maximum absolute atomic E-state index is 12.9. The molecule has 0 bridgehead atoms. The second-order valence-corrected chi connectivity index (χ2v) is 6.03. The van der Waals surface area contributed by atoms with E-state index in [2.05, 4.69) is 11.4 Å². The summed E-state index contributed by atoms with van der Waals surface area (Å²) in [5.41, 5.74) is 0.504. The molecule has 0 aliphatic carbocycles. The minimum absolute atomic E-state index is 0.278. The molecule has 1 atom stereocenters. The first-order valence-electron chi connectivity index (χ1n) is 8.51. The number of nitrogens with one attached hydrogen (secondary N) is 1. The molecule has 1 unspecified atom stereocenters. The largest absolute Gasteiger partial charge is 0.449 e. The Kier molecular flexibility index (Phi) is 4.98. The summed E-state index contributed by atoms with van der Waals surface area (Å²) < 4.78 is 5.46. The molecular formula is C21H21NO3. The number of carbonyl (C=O) groups excluding carboxylic acids is 2. The molecule has 3 aromatic rings. The van der Waals surface area contributed by atoms with E-state index < -0.39 is 12.1 Å². The first-order valence-corrected chi connectivity index (χ1v) is 8.51. The Balaban J connectivity index is 2.01. The van der Waals surface area contributed by atoms with Crippen molar-refractivity contribution in [1.29, 1.82) is 0 Å². The van der Waals surface area contributed by atoms with Gasteiger partial charge in [-0.25, -0.2) is 4.79 Å². The highest BCUT2D eigenvalue weighted by atomic mass is 16.5. The van der Waals surface area contributed by atoms with Crippen LogP contribution in [0.25, 0.3) is 21.5 Å². The molecule has 25 heavy (non-hydrogen) atoms. The van der Waals surface area contributed by atoms with E-state index in [0.717, 1.165) is 28.0 Å². The average Bonchev–Trinajstić information content (AvgIpc) is 2.63. The van der Waals surface area contributed by atoms with Crippen molar-refractivity contribution in [2.75, 3.05) is 6.54 Å². The lowest BCUT2D eigenvalue weighted by atomic mass is 9.97. The number of benzene rings is 3. The predicted molar refractivity (Wildman–Crippen MR) is 99.6 cm³/mol. The van der Waals surface area contributed by atoms with Crippen molar-refractivity contribution < 1.29 is 14.3 Å². The third-order valence-corrected chi connectivity index (χ3v) is 4.18. The van der Waals surface area contributed by atoms with Crippen molar-refractivity contribution in [2.24, 2.45) is 0 Å². The second-order valence-electron chi connectivity index (χ2n) is 6.03. The summed E-state index contributed by atoms with van der Waals surface area (Å²) in [7, 11) is 0. The SMILES string of the molecule is CCCNC(=O)C(C)OC(=O)c1c2ccccc2cc2ccccc12. The summed E-state index contributed by atoms with van der Waals surface area (Å²) >= 11 is 0. The third-order valence-electron chi connectivity index (χ3n) is 4.18. The Labute approximate surface area is 146 Å². The minimum Gasteiger partial charge on any atom is -0.449 e. The number of ether oxygens (including phenoxy) is 1. The molecule has 1 amide bonds. The van der Waals surface area contributed by atoms with Crippen molar-refractivity contribution >= 4 is 33.4 Å². The monoisotopic (exact) mass is 335 g/mol. The summed E-state index contributed by atoms with van der Waals surface area (Å²) in [6.07, 6.45) is -0.00262. The van der Waals surface area contributed by atoms with Gasteiger partial charge in [-0.05, 0) is 41.0 Å². The van der Waals surface area contributed by atoms with Gasteiger partial charge in [-0.1, -0.05) is 55.5 Å². The van der Waals surface area contributed by atoms with E-state index in [0.29, 0.717) is 12.1 Å². The van der Waals surface area contributed by atoms with Crippen LogP contribution in [0.15, 0.2) is 54.6 Å². The molecule has 4 heteroatoms. The molecule has 0 radical (unpaired) electrons. The number of amides is 1. The van der Waals surface area contributed by atoms with Crippen LogP contribution >= 0.6 is 0 Å². The maximum Gasteiger partial charge on any atom is 0.340 e. The summed E-state index contributed by atoms with van der Waals surface area (Å²) in [5, 5.41) is 6.34. The van der Waals surface area contributed by atoms with Crippen LogP contribution in [0.3, 0.4) is 0 Å². The quantitative estimate of drug-likeness (QED) is 0.565. The Hall–Kier alpha value is -2.88. The Bertz CT molecular complexity index is 879. The summed E-state index contributed by atoms with van der Waals surface area (Å²) in [4.78, 5) is 24.9. The molecule has 3 aromatic carbocycles. The molecule has 0 saturated carbocycles. The Morgan fingerprint density at radius 2 is 1.56 bits per heavy atom. The van der Waals surface area contributed by atoms with E-state index in [4.69, 9.17) is 4.74 Å². The number of rotatable bonds is 5. The topological polar surface area (TPSA) is 55.4 Å². The van der Waals surface area contributed by atoms with Crippen LogP contribution in [0.5, 0.6) is 0 Å². The van der Waals surface area contributed by atoms with E-state index in [1.807, 2.05) is 55.5 Å². The first kappa shape index (κ1) is 17.0. The van der Waals surface area contributed by atoms with Crippen molar-refractivity contribution in [1.82, 2.24) is 5.32 Å². The van der Waals surface area contributed by atoms with Gasteiger partial charge in [0.05, 0.1) is 5.56 Å². The first-order chi connectivity index (χ1) is 12.1. The van der Waals surface area contributed by atoms with Gasteiger partial charge in [0.15, 0.2) is 6.10 Å². The van der Waals surface area contributed by atoms with Gasteiger partial charge in [0, 0.05) is 6.54 Å². The third kappa shape index (κ3) is 3.48. The molecule has 1 N–H and O–H groups in total. The van der Waals surface area contributed by atoms with Crippen molar-refractivity contribution in [2.45, 2.75) is 26.4 Å². The molecule has 3 rings (SSSR count). The maximum atomic E-state index is 12.9. The smallest absolute Gasteiger partial charge is 0.340 e. The molecule has 0 aromatic heterocycles. The number of hydrogen-bond donors (Lipinski definition) is 1. The number of hydrogen-bond acceptors (Lipinski definition) is 3. The normalized spacial score (nSPS) is 12.1. The van der Waals surface area contributed by atoms with Gasteiger partial charge >= 0.3 is 5.97 Å². The second kappa shape index (κ2) is 7.34. The highest BCUT2D eigenvalue weighted by Gasteiger charge is 2.21. The molecule has 0 heterocycles. The van der Waals surface area contributed by atoms with Gasteiger partial charge in [0.25, 0.3) is 5.91 Å². The lowest BCUT2D eigenvalue weighted by Gasteiger charge is -2.15. The van der Waals surface area contributed by atoms with Crippen LogP contribution in [-0.2, 0) is 9.53 Å². The molecule has 0 fully saturated rings. The molecule has 0 saturated heterocycles. The molecule has 0 aliphatic heterocycles. The van der Waals surface area contributed by atoms with Gasteiger partial charge in [0.2, 0.25) is 0 Å². The van der Waals surface area contributed by atoms with Crippen LogP contribution in [-0.4, -0.2) is 24.5 Å². The fraction of sp³-hybridized carbons (Fsp3) is 0.238. The van der Waals surface area contributed by atoms with Crippen LogP contribution in [0, 0.1) is 0 Å². The fourth-order valence-corrected chi connectivity index (χ4v) is 2.90. The fourth-order valence-electron chi connectivity index (χ4n) is 2.90. The van der Waals surface area contributed by atoms with Gasteiger partial charge < -0.3 is 10.1 Å². The van der Waals surface area contributed by atoms with Crippen LogP contribution in [0.4, 0.5) is 0 Å². The lowest BCUT2D eigenvalue weighted by molar-refractivity contribution is -0.129. The molecule has 128 valence electrons. The van der Waals surface area contributed by atoms with E-state index >= 15 is 0 Å². The summed E-state index contributed by atoms with van der Waals surface area (Å²) in [5.74, 6) is -0.758. The Morgan fingerprint density at radius 1 is 1.00 bits per heavy atom. The van der Waals surface area contributed by atoms with E-state index in [1.165, 1.54) is 0 Å². The highest BCUT2D eigenvalue weighted by molar-refractivity contribution is 6.16. The van der Waals surface area contributed by atoms with Crippen LogP contribution < -0.4 is 5.32 Å². The van der Waals surface area contributed by atoms with Crippen LogP contribution in [0.2, 0.25) is 0 Å². The summed E-state index contributed by atoms with van der Waals surface area (Å²) in [6, 6.07) is 17.5. The number of carbonyl (C=O) groups is 2. The van der Waals surface area contributed by atoms with Gasteiger partial charge in [-0.2, -0.15) is 0 Å². The summed E-state index contributed by atoms with van der Waals surface area (Å²) in [6.45, 7) is 4.13. The zero-order valence-corrected chi connectivity index (χ0v) is 14.4. The van der Waals surface area contributed by atoms with Crippen molar-refractivity contribution in [3.05, 3.63) is 60.2 Å². The van der Waals surface area contributed by atoms with Gasteiger partial charge in [-0.3, -0.25) is 4.79 Å². The standard InChI is InChI=1S/C21H21NO3/c1-3-12-22-20(23)14(2)25-21(24)19-17-10-6-4-8-15(17)13-16-9-5-7-11-18(16)19/h4-11,13-14H,3,12H2,1-2H3,(H,22,23). The zero-order chi connectivity index (χ0) is 17.8. The average molecular weight is 335 g/mol. The van der Waals surface area contributed by atoms with Crippen molar-refractivity contribution in [3.63, 3.8) is 0 Å². The van der Waals surface area contributed by atoms with E-state index in [-0.39, 0.29) is 5.91 Å². The lowest BCUT2D eigenvalue weighted by Crippen LogP contribution is -2.36. The van der Waals surface area contributed by atoms with Crippen LogP contribution in [0.1, 0.15) is 30.6 Å². The van der Waals surface area contributed by atoms with Gasteiger partial charge in [-0.15, -0.1) is 0 Å². The molecule has 4 nitrogen and oxygen atoms in total. The Morgan fingerprint density at radius 3 is 2.12 bits per heavy atom. The highest BCUT2D eigenvalue weighted by Crippen LogP contribution is 2.29. The van der Waals surface area contributed by atoms with E-state index in [1.54, 1.807) is 6.92 Å². The molecule has 0 aliphatic rings. The molecule has 0 spiro atoms. The van der Waals surface area contributed by atoms with Gasteiger partial charge in [0.1, 0.15) is 0 Å². The minimum atomic E-state index is -0.836. The number of fused-ring (bicyclic) bond motifs is 2. The van der Waals surface area contributed by atoms with Crippen molar-refractivity contribution in [3.8, 4) is 0 Å². The number of esters is 1. The molecular weight excluding hydrogens is 314 g/mol.